The minimum atomic E-state index is -1.46. The Morgan fingerprint density at radius 3 is 2.34 bits per heavy atom. The molecule has 0 unspecified atom stereocenters. The highest BCUT2D eigenvalue weighted by Gasteiger charge is 2.50. The largest absolute Gasteiger partial charge is 0.497 e. The summed E-state index contributed by atoms with van der Waals surface area (Å²) >= 11 is 0. The van der Waals surface area contributed by atoms with Gasteiger partial charge in [0, 0.05) is 12.1 Å². The number of hydrogen-bond donors (Lipinski definition) is 2. The predicted octanol–water partition coefficient (Wildman–Crippen LogP) is 1.64. The molecule has 1 atom stereocenters. The molecule has 2 aromatic rings. The van der Waals surface area contributed by atoms with Crippen molar-refractivity contribution in [2.24, 2.45) is 0 Å². The van der Waals surface area contributed by atoms with Gasteiger partial charge in [-0.05, 0) is 42.3 Å². The SMILES string of the molecule is COc1ccc(CC(=O)NN2C(=O)N[C@](C)(c3ccc([N+](=O)[O-])cc3)C2=O)cc1. The second-order valence-electron chi connectivity index (χ2n) is 6.56. The van der Waals surface area contributed by atoms with Crippen molar-refractivity contribution in [3.63, 3.8) is 0 Å². The average Bonchev–Trinajstić information content (AvgIpc) is 2.92. The van der Waals surface area contributed by atoms with Crippen LogP contribution in [-0.2, 0) is 21.5 Å². The number of urea groups is 1. The van der Waals surface area contributed by atoms with Gasteiger partial charge in [0.1, 0.15) is 11.3 Å². The van der Waals surface area contributed by atoms with Gasteiger partial charge >= 0.3 is 6.03 Å². The van der Waals surface area contributed by atoms with Crippen molar-refractivity contribution < 1.29 is 24.0 Å². The molecule has 0 radical (unpaired) electrons. The van der Waals surface area contributed by atoms with Crippen molar-refractivity contribution in [1.29, 1.82) is 0 Å². The van der Waals surface area contributed by atoms with Crippen LogP contribution in [0, 0.1) is 10.1 Å². The molecule has 0 spiro atoms. The Labute approximate surface area is 165 Å². The predicted molar refractivity (Wildman–Crippen MR) is 101 cm³/mol. The number of nitro benzene ring substituents is 1. The standard InChI is InChI=1S/C19H18N4O6/c1-19(13-5-7-14(8-6-13)23(27)28)17(25)22(18(26)20-19)21-16(24)11-12-3-9-15(29-2)10-4-12/h3-10H,11H2,1-2H3,(H,20,26)(H,21,24)/t19-/m1/s1. The Hall–Kier alpha value is -3.95. The monoisotopic (exact) mass is 398 g/mol. The summed E-state index contributed by atoms with van der Waals surface area (Å²) in [5.41, 5.74) is 1.73. The van der Waals surface area contributed by atoms with E-state index < -0.39 is 28.3 Å². The number of nitrogens with zero attached hydrogens (tertiary/aromatic N) is 2. The van der Waals surface area contributed by atoms with Crippen LogP contribution in [0.4, 0.5) is 10.5 Å². The molecule has 10 nitrogen and oxygen atoms in total. The van der Waals surface area contributed by atoms with E-state index in [0.29, 0.717) is 21.9 Å². The smallest absolute Gasteiger partial charge is 0.344 e. The number of hydrogen-bond acceptors (Lipinski definition) is 6. The number of amides is 4. The highest BCUT2D eigenvalue weighted by atomic mass is 16.6. The van der Waals surface area contributed by atoms with E-state index in [2.05, 4.69) is 10.7 Å². The van der Waals surface area contributed by atoms with Gasteiger partial charge in [0.15, 0.2) is 0 Å². The first-order chi connectivity index (χ1) is 13.7. The van der Waals surface area contributed by atoms with E-state index in [1.807, 2.05) is 0 Å². The van der Waals surface area contributed by atoms with Crippen LogP contribution in [0.1, 0.15) is 18.1 Å². The number of carbonyl (C=O) groups is 3. The lowest BCUT2D eigenvalue weighted by atomic mass is 9.92. The minimum absolute atomic E-state index is 0.0463. The van der Waals surface area contributed by atoms with Crippen LogP contribution < -0.4 is 15.5 Å². The molecule has 1 aliphatic rings. The third-order valence-electron chi connectivity index (χ3n) is 4.61. The van der Waals surface area contributed by atoms with Crippen molar-refractivity contribution in [3.8, 4) is 5.75 Å². The molecule has 29 heavy (non-hydrogen) atoms. The third-order valence-corrected chi connectivity index (χ3v) is 4.61. The van der Waals surface area contributed by atoms with Crippen LogP contribution >= 0.6 is 0 Å². The Kier molecular flexibility index (Phi) is 5.18. The van der Waals surface area contributed by atoms with Gasteiger partial charge in [0.2, 0.25) is 5.91 Å². The van der Waals surface area contributed by atoms with Crippen LogP contribution in [0.3, 0.4) is 0 Å². The Morgan fingerprint density at radius 1 is 1.17 bits per heavy atom. The molecule has 0 saturated carbocycles. The first-order valence-electron chi connectivity index (χ1n) is 8.58. The lowest BCUT2D eigenvalue weighted by molar-refractivity contribution is -0.384. The molecule has 3 rings (SSSR count). The van der Waals surface area contributed by atoms with Gasteiger partial charge in [-0.1, -0.05) is 12.1 Å². The normalized spacial score (nSPS) is 18.3. The molecule has 1 aliphatic heterocycles. The molecular weight excluding hydrogens is 380 g/mol. The number of methoxy groups -OCH3 is 1. The Morgan fingerprint density at radius 2 is 1.79 bits per heavy atom. The number of rotatable bonds is 6. The summed E-state index contributed by atoms with van der Waals surface area (Å²) in [6, 6.07) is 11.3. The average molecular weight is 398 g/mol. The summed E-state index contributed by atoms with van der Waals surface area (Å²) in [4.78, 5) is 47.6. The van der Waals surface area contributed by atoms with Crippen molar-refractivity contribution in [1.82, 2.24) is 15.8 Å². The first-order valence-corrected chi connectivity index (χ1v) is 8.58. The van der Waals surface area contributed by atoms with Crippen LogP contribution in [0.2, 0.25) is 0 Å². The van der Waals surface area contributed by atoms with E-state index in [-0.39, 0.29) is 12.1 Å². The molecule has 4 amide bonds. The summed E-state index contributed by atoms with van der Waals surface area (Å²) in [5, 5.41) is 13.9. The lowest BCUT2D eigenvalue weighted by Crippen LogP contribution is -2.48. The number of carbonyl (C=O) groups excluding carboxylic acids is 3. The quantitative estimate of drug-likeness (QED) is 0.432. The van der Waals surface area contributed by atoms with Crippen molar-refractivity contribution in [2.45, 2.75) is 18.9 Å². The van der Waals surface area contributed by atoms with Crippen molar-refractivity contribution in [3.05, 3.63) is 69.8 Å². The fraction of sp³-hybridized carbons (Fsp3) is 0.211. The van der Waals surface area contributed by atoms with Gasteiger partial charge < -0.3 is 10.1 Å². The fourth-order valence-corrected chi connectivity index (χ4v) is 2.95. The van der Waals surface area contributed by atoms with Crippen LogP contribution in [0.5, 0.6) is 5.75 Å². The van der Waals surface area contributed by atoms with E-state index in [1.54, 1.807) is 24.3 Å². The van der Waals surface area contributed by atoms with Crippen LogP contribution in [0.15, 0.2) is 48.5 Å². The molecule has 2 aromatic carbocycles. The molecule has 10 heteroatoms. The molecular formula is C19H18N4O6. The van der Waals surface area contributed by atoms with Crippen LogP contribution in [0.25, 0.3) is 0 Å². The highest BCUT2D eigenvalue weighted by Crippen LogP contribution is 2.29. The summed E-state index contributed by atoms with van der Waals surface area (Å²) in [7, 11) is 1.53. The number of ether oxygens (including phenoxy) is 1. The summed E-state index contributed by atoms with van der Waals surface area (Å²) < 4.78 is 5.05. The molecule has 1 heterocycles. The highest BCUT2D eigenvalue weighted by molar-refractivity contribution is 6.08. The topological polar surface area (TPSA) is 131 Å². The Bertz CT molecular complexity index is 973. The zero-order valence-electron chi connectivity index (χ0n) is 15.7. The number of nitrogens with one attached hydrogen (secondary N) is 2. The van der Waals surface area contributed by atoms with E-state index in [1.165, 1.54) is 38.3 Å². The van der Waals surface area contributed by atoms with Gasteiger partial charge in [-0.3, -0.25) is 25.1 Å². The van der Waals surface area contributed by atoms with Gasteiger partial charge in [-0.15, -0.1) is 0 Å². The van der Waals surface area contributed by atoms with Crippen molar-refractivity contribution in [2.75, 3.05) is 7.11 Å². The maximum absolute atomic E-state index is 12.8. The zero-order chi connectivity index (χ0) is 21.2. The number of hydrazine groups is 1. The molecule has 2 N–H and O–H groups in total. The lowest BCUT2D eigenvalue weighted by Gasteiger charge is -2.22. The third kappa shape index (κ3) is 3.86. The minimum Gasteiger partial charge on any atom is -0.497 e. The second kappa shape index (κ2) is 7.58. The molecule has 150 valence electrons. The maximum Gasteiger partial charge on any atom is 0.344 e. The molecule has 1 fully saturated rings. The maximum atomic E-state index is 12.8. The molecule has 0 aromatic heterocycles. The van der Waals surface area contributed by atoms with Gasteiger partial charge in [-0.25, -0.2) is 4.79 Å². The molecule has 1 saturated heterocycles. The number of nitro groups is 1. The van der Waals surface area contributed by atoms with Crippen LogP contribution in [-0.4, -0.2) is 34.9 Å². The van der Waals surface area contributed by atoms with Gasteiger partial charge in [0.25, 0.3) is 11.6 Å². The number of imide groups is 1. The van der Waals surface area contributed by atoms with E-state index in [0.717, 1.165) is 0 Å². The fourth-order valence-electron chi connectivity index (χ4n) is 2.95. The van der Waals surface area contributed by atoms with Crippen molar-refractivity contribution >= 4 is 23.5 Å². The van der Waals surface area contributed by atoms with E-state index >= 15 is 0 Å². The Balaban J connectivity index is 1.72. The molecule has 0 aliphatic carbocycles. The number of benzene rings is 2. The van der Waals surface area contributed by atoms with Gasteiger partial charge in [0.05, 0.1) is 18.5 Å². The molecule has 0 bridgehead atoms. The van der Waals surface area contributed by atoms with E-state index in [4.69, 9.17) is 4.74 Å². The summed E-state index contributed by atoms with van der Waals surface area (Å²) in [6.45, 7) is 1.46. The van der Waals surface area contributed by atoms with E-state index in [9.17, 15) is 24.5 Å². The number of non-ortho nitro benzene ring substituents is 1. The first kappa shape index (κ1) is 19.8. The summed E-state index contributed by atoms with van der Waals surface area (Å²) in [6.07, 6.45) is -0.0463. The summed E-state index contributed by atoms with van der Waals surface area (Å²) in [5.74, 6) is -0.604. The van der Waals surface area contributed by atoms with Gasteiger partial charge in [-0.2, -0.15) is 5.01 Å². The zero-order valence-corrected chi connectivity index (χ0v) is 15.7. The second-order valence-corrected chi connectivity index (χ2v) is 6.56.